The Kier molecular flexibility index (Phi) is 9.47. The van der Waals surface area contributed by atoms with Crippen molar-refractivity contribution in [3.63, 3.8) is 0 Å². The second kappa shape index (κ2) is 9.83. The monoisotopic (exact) mass is 435 g/mol. The summed E-state index contributed by atoms with van der Waals surface area (Å²) in [4.78, 5) is -0.911. The van der Waals surface area contributed by atoms with E-state index in [4.69, 9.17) is 18.2 Å². The summed E-state index contributed by atoms with van der Waals surface area (Å²) in [5.74, 6) is -0.278. The molecule has 139 valence electrons. The zero-order valence-electron chi connectivity index (χ0n) is 13.2. The summed E-state index contributed by atoms with van der Waals surface area (Å²) in [5, 5.41) is 0. The Morgan fingerprint density at radius 1 is 0.769 bits per heavy atom. The van der Waals surface area contributed by atoms with Crippen molar-refractivity contribution in [3.05, 3.63) is 48.5 Å². The van der Waals surface area contributed by atoms with Crippen molar-refractivity contribution in [1.82, 2.24) is 0 Å². The summed E-state index contributed by atoms with van der Waals surface area (Å²) in [7, 11) is -12.1. The van der Waals surface area contributed by atoms with Gasteiger partial charge in [0, 0.05) is 41.7 Å². The quantitative estimate of drug-likeness (QED) is 0.378. The van der Waals surface area contributed by atoms with Crippen molar-refractivity contribution >= 4 is 58.0 Å². The zero-order chi connectivity index (χ0) is 18.0. The van der Waals surface area contributed by atoms with Gasteiger partial charge in [-0.05, 0) is 24.3 Å². The van der Waals surface area contributed by atoms with Crippen molar-refractivity contribution in [2.24, 2.45) is 0 Å². The third-order valence-corrected chi connectivity index (χ3v) is 5.11. The minimum Gasteiger partial charge on any atom is -0.418 e. The Balaban J connectivity index is 0.00000312. The van der Waals surface area contributed by atoms with Crippen LogP contribution < -0.4 is 9.05 Å². The van der Waals surface area contributed by atoms with E-state index in [1.165, 1.54) is 24.3 Å². The summed E-state index contributed by atoms with van der Waals surface area (Å²) in [6.07, 6.45) is 0. The molecule has 0 unspecified atom stereocenters. The van der Waals surface area contributed by atoms with Gasteiger partial charge in [-0.25, -0.2) is 4.57 Å². The maximum atomic E-state index is 11.8. The van der Waals surface area contributed by atoms with Crippen molar-refractivity contribution in [1.29, 1.82) is 0 Å². The van der Waals surface area contributed by atoms with Crippen LogP contribution in [0.2, 0.25) is 0 Å². The third-order valence-electron chi connectivity index (χ3n) is 2.61. The number of rotatable bonds is 6. The fourth-order valence-electron chi connectivity index (χ4n) is 1.61. The smallest absolute Gasteiger partial charge is 0.418 e. The molecule has 0 spiro atoms. The SMILES string of the molecule is O.O=[PH](Oc1cccc(S(=O)(=O)O)c1)Oc1cccc(S(=O)(=O)O)c1.[Na]. The maximum Gasteiger partial charge on any atom is 0.418 e. The number of hydrogen-bond donors (Lipinski definition) is 2. The molecule has 0 bridgehead atoms. The summed E-state index contributed by atoms with van der Waals surface area (Å²) in [6, 6.07) is 9.18. The molecule has 4 N–H and O–H groups in total. The van der Waals surface area contributed by atoms with Gasteiger partial charge < -0.3 is 14.5 Å². The van der Waals surface area contributed by atoms with Crippen LogP contribution >= 0.6 is 8.25 Å². The molecule has 0 aromatic heterocycles. The van der Waals surface area contributed by atoms with E-state index in [-0.39, 0.29) is 46.5 Å². The van der Waals surface area contributed by atoms with E-state index in [0.717, 1.165) is 24.3 Å². The molecule has 0 fully saturated rings. The van der Waals surface area contributed by atoms with Crippen LogP contribution in [0.3, 0.4) is 0 Å². The molecule has 0 saturated heterocycles. The first-order chi connectivity index (χ1) is 11.1. The topological polar surface area (TPSA) is 176 Å². The maximum absolute atomic E-state index is 11.8. The first-order valence-corrected chi connectivity index (χ1v) is 10.2. The van der Waals surface area contributed by atoms with Crippen LogP contribution in [0.25, 0.3) is 0 Å². The fraction of sp³-hybridized carbons (Fsp3) is 0. The first kappa shape index (κ1) is 25.1. The molecule has 0 aliphatic rings. The van der Waals surface area contributed by atoms with Crippen LogP contribution in [0.5, 0.6) is 11.5 Å². The van der Waals surface area contributed by atoms with Gasteiger partial charge in [0.1, 0.15) is 11.5 Å². The third kappa shape index (κ3) is 7.35. The average Bonchev–Trinajstić information content (AvgIpc) is 2.46. The molecule has 0 aliphatic carbocycles. The van der Waals surface area contributed by atoms with Gasteiger partial charge in [-0.1, -0.05) is 12.1 Å². The molecule has 0 aliphatic heterocycles. The Hall–Kier alpha value is -0.950. The molecule has 0 heterocycles. The molecule has 14 heteroatoms. The minimum absolute atomic E-state index is 0. The zero-order valence-corrected chi connectivity index (χ0v) is 17.8. The van der Waals surface area contributed by atoms with E-state index < -0.39 is 38.3 Å². The van der Waals surface area contributed by atoms with Crippen molar-refractivity contribution < 1.29 is 45.0 Å². The van der Waals surface area contributed by atoms with Crippen LogP contribution in [0.15, 0.2) is 58.3 Å². The van der Waals surface area contributed by atoms with Crippen molar-refractivity contribution in [2.75, 3.05) is 0 Å². The van der Waals surface area contributed by atoms with Crippen LogP contribution in [-0.2, 0) is 24.8 Å². The molecule has 2 aromatic rings. The predicted octanol–water partition coefficient (Wildman–Crippen LogP) is 0.822. The fourth-order valence-corrected chi connectivity index (χ4v) is 3.32. The van der Waals surface area contributed by atoms with E-state index in [2.05, 4.69) is 0 Å². The Morgan fingerprint density at radius 2 is 1.12 bits per heavy atom. The standard InChI is InChI=1S/C12H11O9PS2.Na.H2O/c13-22(20-9-3-1-5-11(7-9)23(14,15)16)21-10-4-2-6-12(8-10)24(17,18)19;;/h1-8,22H,(H,14,15,16)(H,17,18,19);;1H2. The molecule has 0 atom stereocenters. The first-order valence-electron chi connectivity index (χ1n) is 6.10. The molecule has 1 radical (unpaired) electrons. The van der Waals surface area contributed by atoms with Gasteiger partial charge in [0.2, 0.25) is 0 Å². The van der Waals surface area contributed by atoms with Crippen LogP contribution in [0.4, 0.5) is 0 Å². The molecule has 10 nitrogen and oxygen atoms in total. The summed E-state index contributed by atoms with van der Waals surface area (Å²) in [5.41, 5.74) is 0. The normalized spacial score (nSPS) is 11.2. The van der Waals surface area contributed by atoms with Crippen LogP contribution in [0.1, 0.15) is 0 Å². The Morgan fingerprint density at radius 3 is 1.42 bits per heavy atom. The second-order valence-electron chi connectivity index (χ2n) is 4.35. The number of benzene rings is 2. The van der Waals surface area contributed by atoms with E-state index in [1.54, 1.807) is 0 Å². The van der Waals surface area contributed by atoms with E-state index >= 15 is 0 Å². The average molecular weight is 435 g/mol. The van der Waals surface area contributed by atoms with E-state index in [1.807, 2.05) is 0 Å². The minimum atomic E-state index is -4.45. The largest absolute Gasteiger partial charge is 0.418 e. The van der Waals surface area contributed by atoms with E-state index in [9.17, 15) is 21.4 Å². The number of hydrogen-bond acceptors (Lipinski definition) is 7. The molecular weight excluding hydrogens is 422 g/mol. The molecule has 0 saturated carbocycles. The van der Waals surface area contributed by atoms with E-state index in [0.29, 0.717) is 0 Å². The molecule has 2 rings (SSSR count). The van der Waals surface area contributed by atoms with Gasteiger partial charge >= 0.3 is 8.25 Å². The predicted molar refractivity (Wildman–Crippen MR) is 92.1 cm³/mol. The molecule has 0 amide bonds. The molecular formula is C12H13NaO10PS2. The van der Waals surface area contributed by atoms with Crippen LogP contribution in [0, 0.1) is 0 Å². The van der Waals surface area contributed by atoms with Gasteiger partial charge in [0.05, 0.1) is 9.79 Å². The summed E-state index contributed by atoms with van der Waals surface area (Å²) < 4.78 is 83.5. The van der Waals surface area contributed by atoms with Crippen LogP contribution in [-0.4, -0.2) is 61.0 Å². The van der Waals surface area contributed by atoms with Crippen molar-refractivity contribution in [2.45, 2.75) is 9.79 Å². The Bertz CT molecular complexity index is 911. The van der Waals surface area contributed by atoms with Gasteiger partial charge in [0.15, 0.2) is 0 Å². The summed E-state index contributed by atoms with van der Waals surface area (Å²) >= 11 is 0. The summed E-state index contributed by atoms with van der Waals surface area (Å²) in [6.45, 7) is 0. The van der Waals surface area contributed by atoms with Crippen molar-refractivity contribution in [3.8, 4) is 11.5 Å². The van der Waals surface area contributed by atoms with Gasteiger partial charge in [-0.2, -0.15) is 16.8 Å². The van der Waals surface area contributed by atoms with Gasteiger partial charge in [-0.3, -0.25) is 9.11 Å². The Labute approximate surface area is 172 Å². The second-order valence-corrected chi connectivity index (χ2v) is 8.11. The molecule has 26 heavy (non-hydrogen) atoms. The molecule has 2 aromatic carbocycles. The van der Waals surface area contributed by atoms with Gasteiger partial charge in [0.25, 0.3) is 20.2 Å². The van der Waals surface area contributed by atoms with Gasteiger partial charge in [-0.15, -0.1) is 0 Å².